The summed E-state index contributed by atoms with van der Waals surface area (Å²) in [5.41, 5.74) is -1.48. The molecule has 116 valence electrons. The van der Waals surface area contributed by atoms with Crippen LogP contribution in [0.2, 0.25) is 0 Å². The molecule has 0 radical (unpaired) electrons. The van der Waals surface area contributed by atoms with Crippen molar-refractivity contribution in [1.82, 2.24) is 0 Å². The molecule has 0 aromatic heterocycles. The summed E-state index contributed by atoms with van der Waals surface area (Å²) in [6.07, 6.45) is 3.70. The third-order valence-electron chi connectivity index (χ3n) is 4.37. The first-order chi connectivity index (χ1) is 8.86. The van der Waals surface area contributed by atoms with Crippen molar-refractivity contribution in [2.24, 2.45) is 11.3 Å². The molecule has 1 rings (SSSR count). The van der Waals surface area contributed by atoms with Crippen LogP contribution in [0.25, 0.3) is 0 Å². The predicted molar refractivity (Wildman–Crippen MR) is 83.1 cm³/mol. The van der Waals surface area contributed by atoms with Crippen molar-refractivity contribution in [3.63, 3.8) is 0 Å². The first-order valence-electron chi connectivity index (χ1n) is 7.60. The summed E-state index contributed by atoms with van der Waals surface area (Å²) in [6, 6.07) is 0. The standard InChI is InChI=1S/C16H30BFO2/c1-12(2)9-10-14(3,4)11-13(18)17-19-15(5,6)16(7,8)20-17/h11-12H,9-10H2,1-8H3. The Morgan fingerprint density at radius 1 is 1.15 bits per heavy atom. The van der Waals surface area contributed by atoms with E-state index in [-0.39, 0.29) is 11.1 Å². The number of rotatable bonds is 5. The van der Waals surface area contributed by atoms with Crippen LogP contribution in [-0.4, -0.2) is 18.3 Å². The molecule has 1 aliphatic heterocycles. The Morgan fingerprint density at radius 3 is 2.00 bits per heavy atom. The Kier molecular flexibility index (Phi) is 5.14. The van der Waals surface area contributed by atoms with Gasteiger partial charge in [0.1, 0.15) is 5.73 Å². The molecule has 1 heterocycles. The van der Waals surface area contributed by atoms with E-state index >= 15 is 0 Å². The lowest BCUT2D eigenvalue weighted by Crippen LogP contribution is -2.41. The van der Waals surface area contributed by atoms with Crippen LogP contribution < -0.4 is 0 Å². The quantitative estimate of drug-likeness (QED) is 0.666. The average molecular weight is 284 g/mol. The summed E-state index contributed by atoms with van der Waals surface area (Å²) >= 11 is 0. The molecule has 0 aromatic rings. The maximum Gasteiger partial charge on any atom is 0.524 e. The van der Waals surface area contributed by atoms with Gasteiger partial charge in [0.2, 0.25) is 0 Å². The molecule has 2 nitrogen and oxygen atoms in total. The normalized spacial score (nSPS) is 22.7. The SMILES string of the molecule is CC(C)CCC(C)(C)C=C(F)B1OC(C)(C)C(C)(C)O1. The summed E-state index contributed by atoms with van der Waals surface area (Å²) in [4.78, 5) is 0. The van der Waals surface area contributed by atoms with Gasteiger partial charge in [-0.25, -0.2) is 4.39 Å². The highest BCUT2D eigenvalue weighted by molar-refractivity contribution is 6.53. The van der Waals surface area contributed by atoms with Crippen molar-refractivity contribution in [3.8, 4) is 0 Å². The Bertz CT molecular complexity index is 357. The second kappa shape index (κ2) is 5.80. The molecule has 0 atom stereocenters. The lowest BCUT2D eigenvalue weighted by atomic mass is 9.78. The molecule has 0 N–H and O–H groups in total. The van der Waals surface area contributed by atoms with E-state index in [4.69, 9.17) is 9.31 Å². The molecule has 1 aliphatic rings. The molecule has 0 spiro atoms. The fourth-order valence-electron chi connectivity index (χ4n) is 2.13. The van der Waals surface area contributed by atoms with Crippen LogP contribution in [0.3, 0.4) is 0 Å². The van der Waals surface area contributed by atoms with Crippen molar-refractivity contribution in [1.29, 1.82) is 0 Å². The third kappa shape index (κ3) is 4.32. The first kappa shape index (κ1) is 17.7. The van der Waals surface area contributed by atoms with Gasteiger partial charge < -0.3 is 9.31 Å². The van der Waals surface area contributed by atoms with Crippen molar-refractivity contribution in [2.45, 2.75) is 79.4 Å². The van der Waals surface area contributed by atoms with E-state index in [0.29, 0.717) is 5.92 Å². The minimum absolute atomic E-state index is 0.183. The molecule has 1 fully saturated rings. The largest absolute Gasteiger partial charge is 0.524 e. The van der Waals surface area contributed by atoms with Gasteiger partial charge in [0.05, 0.1) is 11.2 Å². The van der Waals surface area contributed by atoms with Crippen LogP contribution in [-0.2, 0) is 9.31 Å². The van der Waals surface area contributed by atoms with Gasteiger partial charge in [-0.05, 0) is 45.4 Å². The van der Waals surface area contributed by atoms with Crippen molar-refractivity contribution >= 4 is 7.12 Å². The van der Waals surface area contributed by atoms with Gasteiger partial charge in [-0.1, -0.05) is 40.2 Å². The van der Waals surface area contributed by atoms with Gasteiger partial charge in [-0.15, -0.1) is 0 Å². The second-order valence-corrected chi connectivity index (χ2v) is 8.04. The molecule has 0 saturated carbocycles. The van der Waals surface area contributed by atoms with Gasteiger partial charge in [0.25, 0.3) is 0 Å². The van der Waals surface area contributed by atoms with E-state index in [0.717, 1.165) is 12.8 Å². The summed E-state index contributed by atoms with van der Waals surface area (Å²) in [5, 5.41) is 0. The van der Waals surface area contributed by atoms with Gasteiger partial charge in [-0.3, -0.25) is 0 Å². The fraction of sp³-hybridized carbons (Fsp3) is 0.875. The highest BCUT2D eigenvalue weighted by Gasteiger charge is 2.53. The molecule has 0 bridgehead atoms. The Hall–Kier alpha value is -0.345. The van der Waals surface area contributed by atoms with Gasteiger partial charge in [0, 0.05) is 0 Å². The number of hydrogen-bond acceptors (Lipinski definition) is 2. The second-order valence-electron chi connectivity index (χ2n) is 8.04. The predicted octanol–water partition coefficient (Wildman–Crippen LogP) is 4.93. The minimum atomic E-state index is -0.877. The zero-order valence-electron chi connectivity index (χ0n) is 14.3. The summed E-state index contributed by atoms with van der Waals surface area (Å²) in [6.45, 7) is 16.2. The Morgan fingerprint density at radius 2 is 1.60 bits per heavy atom. The Labute approximate surface area is 124 Å². The smallest absolute Gasteiger partial charge is 0.398 e. The van der Waals surface area contributed by atoms with Crippen LogP contribution in [0.15, 0.2) is 11.8 Å². The molecule has 4 heteroatoms. The monoisotopic (exact) mass is 284 g/mol. The van der Waals surface area contributed by atoms with Crippen LogP contribution in [0.4, 0.5) is 4.39 Å². The van der Waals surface area contributed by atoms with E-state index in [9.17, 15) is 4.39 Å². The van der Waals surface area contributed by atoms with Crippen LogP contribution in [0.1, 0.15) is 68.2 Å². The van der Waals surface area contributed by atoms with Crippen LogP contribution >= 0.6 is 0 Å². The molecular formula is C16H30BFO2. The van der Waals surface area contributed by atoms with Gasteiger partial charge in [0.15, 0.2) is 0 Å². The number of allylic oxidation sites excluding steroid dienone is 1. The van der Waals surface area contributed by atoms with Crippen molar-refractivity contribution in [3.05, 3.63) is 11.8 Å². The average Bonchev–Trinajstić information content (AvgIpc) is 2.45. The van der Waals surface area contributed by atoms with E-state index < -0.39 is 18.3 Å². The number of hydrogen-bond donors (Lipinski definition) is 0. The molecule has 0 aromatic carbocycles. The maximum absolute atomic E-state index is 14.4. The van der Waals surface area contributed by atoms with Crippen molar-refractivity contribution in [2.75, 3.05) is 0 Å². The molecule has 0 amide bonds. The minimum Gasteiger partial charge on any atom is -0.398 e. The first-order valence-corrected chi connectivity index (χ1v) is 7.60. The van der Waals surface area contributed by atoms with E-state index in [2.05, 4.69) is 27.7 Å². The van der Waals surface area contributed by atoms with Crippen molar-refractivity contribution < 1.29 is 13.7 Å². The zero-order chi connectivity index (χ0) is 15.8. The number of halogens is 1. The van der Waals surface area contributed by atoms with E-state index in [1.165, 1.54) is 0 Å². The van der Waals surface area contributed by atoms with Gasteiger partial charge in [-0.2, -0.15) is 0 Å². The summed E-state index contributed by atoms with van der Waals surface area (Å²) in [5.74, 6) is 0.627. The zero-order valence-corrected chi connectivity index (χ0v) is 14.3. The summed E-state index contributed by atoms with van der Waals surface area (Å²) < 4.78 is 25.9. The van der Waals surface area contributed by atoms with Crippen LogP contribution in [0.5, 0.6) is 0 Å². The highest BCUT2D eigenvalue weighted by atomic mass is 19.1. The highest BCUT2D eigenvalue weighted by Crippen LogP contribution is 2.40. The molecule has 1 saturated heterocycles. The lowest BCUT2D eigenvalue weighted by molar-refractivity contribution is 0.00578. The molecular weight excluding hydrogens is 254 g/mol. The van der Waals surface area contributed by atoms with Crippen LogP contribution in [0, 0.1) is 11.3 Å². The summed E-state index contributed by atoms with van der Waals surface area (Å²) in [7, 11) is -0.877. The molecule has 0 unspecified atom stereocenters. The fourth-order valence-corrected chi connectivity index (χ4v) is 2.13. The molecule has 0 aliphatic carbocycles. The third-order valence-corrected chi connectivity index (χ3v) is 4.37. The van der Waals surface area contributed by atoms with E-state index in [1.54, 1.807) is 6.08 Å². The van der Waals surface area contributed by atoms with E-state index in [1.807, 2.05) is 27.7 Å². The molecule has 20 heavy (non-hydrogen) atoms. The van der Waals surface area contributed by atoms with Gasteiger partial charge >= 0.3 is 7.12 Å². The Balaban J connectivity index is 2.75. The topological polar surface area (TPSA) is 18.5 Å². The maximum atomic E-state index is 14.4. The lowest BCUT2D eigenvalue weighted by Gasteiger charge is -2.32.